The van der Waals surface area contributed by atoms with Crippen molar-refractivity contribution in [3.05, 3.63) is 33.8 Å². The lowest BCUT2D eigenvalue weighted by Crippen LogP contribution is -2.57. The van der Waals surface area contributed by atoms with E-state index in [2.05, 4.69) is 5.32 Å². The molecule has 0 aliphatic carbocycles. The van der Waals surface area contributed by atoms with Gasteiger partial charge in [0.05, 0.1) is 10.6 Å². The second-order valence-electron chi connectivity index (χ2n) is 4.69. The van der Waals surface area contributed by atoms with Crippen molar-refractivity contribution < 1.29 is 4.79 Å². The third-order valence-electron chi connectivity index (χ3n) is 3.22. The number of hydrogen-bond donors (Lipinski definition) is 1. The maximum Gasteiger partial charge on any atom is 0.255 e. The van der Waals surface area contributed by atoms with Gasteiger partial charge in [-0.05, 0) is 32.0 Å². The maximum absolute atomic E-state index is 12.5. The highest BCUT2D eigenvalue weighted by molar-refractivity contribution is 6.35. The fourth-order valence-electron chi connectivity index (χ4n) is 2.33. The zero-order valence-electron chi connectivity index (χ0n) is 10.4. The molecule has 1 aliphatic heterocycles. The lowest BCUT2D eigenvalue weighted by Gasteiger charge is -2.39. The standard InChI is InChI=1S/C13H16Cl2N2O/c1-8-6-16-7-9(2)17(8)13(18)11-5-10(14)3-4-12(11)15/h3-5,8-9,16H,6-7H2,1-2H3. The predicted molar refractivity (Wildman–Crippen MR) is 74.4 cm³/mol. The Hall–Kier alpha value is -0.770. The van der Waals surface area contributed by atoms with Gasteiger partial charge in [0.15, 0.2) is 0 Å². The van der Waals surface area contributed by atoms with Crippen LogP contribution in [0.25, 0.3) is 0 Å². The van der Waals surface area contributed by atoms with Gasteiger partial charge in [-0.15, -0.1) is 0 Å². The highest BCUT2D eigenvalue weighted by Crippen LogP contribution is 2.24. The van der Waals surface area contributed by atoms with E-state index in [0.717, 1.165) is 13.1 Å². The van der Waals surface area contributed by atoms with Gasteiger partial charge in [-0.2, -0.15) is 0 Å². The molecule has 1 saturated heterocycles. The van der Waals surface area contributed by atoms with E-state index >= 15 is 0 Å². The third kappa shape index (κ3) is 2.63. The summed E-state index contributed by atoms with van der Waals surface area (Å²) in [6, 6.07) is 5.28. The van der Waals surface area contributed by atoms with Gasteiger partial charge >= 0.3 is 0 Å². The molecule has 5 heteroatoms. The number of nitrogens with one attached hydrogen (secondary N) is 1. The van der Waals surface area contributed by atoms with Gasteiger partial charge in [-0.25, -0.2) is 0 Å². The number of hydrogen-bond acceptors (Lipinski definition) is 2. The third-order valence-corrected chi connectivity index (χ3v) is 3.79. The van der Waals surface area contributed by atoms with Gasteiger partial charge in [0.2, 0.25) is 0 Å². The summed E-state index contributed by atoms with van der Waals surface area (Å²) in [5, 5.41) is 4.27. The van der Waals surface area contributed by atoms with Gasteiger partial charge in [-0.1, -0.05) is 23.2 Å². The molecule has 2 rings (SSSR count). The quantitative estimate of drug-likeness (QED) is 0.861. The zero-order valence-corrected chi connectivity index (χ0v) is 11.9. The summed E-state index contributed by atoms with van der Waals surface area (Å²) in [7, 11) is 0. The fourth-order valence-corrected chi connectivity index (χ4v) is 2.70. The van der Waals surface area contributed by atoms with Crippen LogP contribution in [0.4, 0.5) is 0 Å². The molecule has 0 saturated carbocycles. The van der Waals surface area contributed by atoms with Crippen molar-refractivity contribution in [2.45, 2.75) is 25.9 Å². The summed E-state index contributed by atoms with van der Waals surface area (Å²) in [6.07, 6.45) is 0. The Balaban J connectivity index is 2.32. The largest absolute Gasteiger partial charge is 0.331 e. The summed E-state index contributed by atoms with van der Waals surface area (Å²) < 4.78 is 0. The van der Waals surface area contributed by atoms with E-state index in [-0.39, 0.29) is 18.0 Å². The van der Waals surface area contributed by atoms with Crippen LogP contribution in [-0.2, 0) is 0 Å². The topological polar surface area (TPSA) is 32.3 Å². The second kappa shape index (κ2) is 5.47. The SMILES string of the molecule is CC1CNCC(C)N1C(=O)c1cc(Cl)ccc1Cl. The van der Waals surface area contributed by atoms with E-state index in [1.165, 1.54) is 0 Å². The molecular formula is C13H16Cl2N2O. The van der Waals surface area contributed by atoms with E-state index in [9.17, 15) is 4.79 Å². The summed E-state index contributed by atoms with van der Waals surface area (Å²) in [5.74, 6) is -0.0519. The number of rotatable bonds is 1. The minimum Gasteiger partial charge on any atom is -0.331 e. The van der Waals surface area contributed by atoms with E-state index in [1.807, 2.05) is 18.7 Å². The zero-order chi connectivity index (χ0) is 13.3. The first-order chi connectivity index (χ1) is 8.50. The summed E-state index contributed by atoms with van der Waals surface area (Å²) in [4.78, 5) is 14.4. The molecule has 1 aromatic carbocycles. The molecule has 18 heavy (non-hydrogen) atoms. The van der Waals surface area contributed by atoms with Crippen molar-refractivity contribution in [1.29, 1.82) is 0 Å². The highest BCUT2D eigenvalue weighted by atomic mass is 35.5. The van der Waals surface area contributed by atoms with E-state index in [0.29, 0.717) is 15.6 Å². The van der Waals surface area contributed by atoms with Crippen molar-refractivity contribution >= 4 is 29.1 Å². The molecule has 0 radical (unpaired) electrons. The number of carbonyl (C=O) groups excluding carboxylic acids is 1. The first-order valence-electron chi connectivity index (χ1n) is 5.99. The van der Waals surface area contributed by atoms with Gasteiger partial charge < -0.3 is 10.2 Å². The summed E-state index contributed by atoms with van der Waals surface area (Å²) in [6.45, 7) is 5.65. The fraction of sp³-hybridized carbons (Fsp3) is 0.462. The Kier molecular flexibility index (Phi) is 4.15. The molecule has 1 heterocycles. The van der Waals surface area contributed by atoms with Crippen molar-refractivity contribution in [1.82, 2.24) is 10.2 Å². The normalized spacial score (nSPS) is 24.1. The molecule has 1 aromatic rings. The van der Waals surface area contributed by atoms with Crippen LogP contribution in [0.3, 0.4) is 0 Å². The molecule has 0 spiro atoms. The predicted octanol–water partition coefficient (Wildman–Crippen LogP) is 2.82. The minimum atomic E-state index is -0.0519. The van der Waals surface area contributed by atoms with Crippen LogP contribution in [0.2, 0.25) is 10.0 Å². The Morgan fingerprint density at radius 2 is 1.89 bits per heavy atom. The van der Waals surface area contributed by atoms with Crippen LogP contribution >= 0.6 is 23.2 Å². The smallest absolute Gasteiger partial charge is 0.255 e. The molecule has 2 unspecified atom stereocenters. The van der Waals surface area contributed by atoms with Crippen molar-refractivity contribution in [2.24, 2.45) is 0 Å². The first kappa shape index (κ1) is 13.7. The van der Waals surface area contributed by atoms with Gasteiger partial charge in [0.1, 0.15) is 0 Å². The molecule has 1 amide bonds. The molecule has 0 aromatic heterocycles. The molecule has 98 valence electrons. The Morgan fingerprint density at radius 1 is 1.28 bits per heavy atom. The highest BCUT2D eigenvalue weighted by Gasteiger charge is 2.30. The molecule has 2 atom stereocenters. The number of halogens is 2. The molecular weight excluding hydrogens is 271 g/mol. The van der Waals surface area contributed by atoms with E-state index < -0.39 is 0 Å². The van der Waals surface area contributed by atoms with E-state index in [1.54, 1.807) is 18.2 Å². The maximum atomic E-state index is 12.5. The van der Waals surface area contributed by atoms with Crippen LogP contribution in [0.5, 0.6) is 0 Å². The van der Waals surface area contributed by atoms with Crippen LogP contribution in [0, 0.1) is 0 Å². The van der Waals surface area contributed by atoms with Crippen molar-refractivity contribution in [3.8, 4) is 0 Å². The monoisotopic (exact) mass is 286 g/mol. The Morgan fingerprint density at radius 3 is 2.50 bits per heavy atom. The van der Waals surface area contributed by atoms with Gasteiger partial charge in [-0.3, -0.25) is 4.79 Å². The molecule has 0 bridgehead atoms. The summed E-state index contributed by atoms with van der Waals surface area (Å²) in [5.41, 5.74) is 0.477. The average Bonchev–Trinajstić information content (AvgIpc) is 2.32. The Labute approximate surface area is 117 Å². The van der Waals surface area contributed by atoms with E-state index in [4.69, 9.17) is 23.2 Å². The number of nitrogens with zero attached hydrogens (tertiary/aromatic N) is 1. The van der Waals surface area contributed by atoms with Gasteiger partial charge in [0, 0.05) is 30.2 Å². The van der Waals surface area contributed by atoms with Crippen LogP contribution in [0.15, 0.2) is 18.2 Å². The summed E-state index contributed by atoms with van der Waals surface area (Å²) >= 11 is 12.0. The lowest BCUT2D eigenvalue weighted by molar-refractivity contribution is 0.0544. The number of benzene rings is 1. The molecule has 3 nitrogen and oxygen atoms in total. The van der Waals surface area contributed by atoms with Crippen molar-refractivity contribution in [3.63, 3.8) is 0 Å². The van der Waals surface area contributed by atoms with Crippen molar-refractivity contribution in [2.75, 3.05) is 13.1 Å². The molecule has 1 fully saturated rings. The minimum absolute atomic E-state index is 0.0519. The lowest BCUT2D eigenvalue weighted by atomic mass is 10.1. The first-order valence-corrected chi connectivity index (χ1v) is 6.74. The average molecular weight is 287 g/mol. The van der Waals surface area contributed by atoms with Crippen LogP contribution < -0.4 is 5.32 Å². The van der Waals surface area contributed by atoms with Crippen LogP contribution in [-0.4, -0.2) is 36.0 Å². The molecule has 1 N–H and O–H groups in total. The number of piperazine rings is 1. The Bertz CT molecular complexity index is 454. The second-order valence-corrected chi connectivity index (χ2v) is 5.54. The number of amides is 1. The number of carbonyl (C=O) groups is 1. The molecule has 1 aliphatic rings. The van der Waals surface area contributed by atoms with Gasteiger partial charge in [0.25, 0.3) is 5.91 Å². The van der Waals surface area contributed by atoms with Crippen LogP contribution in [0.1, 0.15) is 24.2 Å².